The third-order valence-corrected chi connectivity index (χ3v) is 11.2. The molecule has 2 amide bonds. The number of hydrogen-bond donors (Lipinski definition) is 2. The van der Waals surface area contributed by atoms with Crippen LogP contribution in [0.5, 0.6) is 0 Å². The van der Waals surface area contributed by atoms with Gasteiger partial charge in [-0.1, -0.05) is 103 Å². The molecule has 1 saturated heterocycles. The first-order chi connectivity index (χ1) is 20.8. The minimum absolute atomic E-state index is 0.0381. The van der Waals surface area contributed by atoms with Crippen molar-refractivity contribution in [2.24, 2.45) is 0 Å². The van der Waals surface area contributed by atoms with E-state index in [1.165, 1.54) is 43.9 Å². The number of carboxylic acids is 1. The minimum Gasteiger partial charge on any atom is -0.479 e. The van der Waals surface area contributed by atoms with Gasteiger partial charge in [-0.25, -0.2) is 14.6 Å². The first-order valence-electron chi connectivity index (χ1n) is 13.3. The van der Waals surface area contributed by atoms with Crippen LogP contribution in [0.15, 0.2) is 114 Å². The number of benzene rings is 3. The van der Waals surface area contributed by atoms with Crippen LogP contribution in [0.1, 0.15) is 24.0 Å². The van der Waals surface area contributed by atoms with Crippen molar-refractivity contribution in [3.8, 4) is 0 Å². The number of alkyl carbamates (subject to hydrolysis) is 1. The predicted molar refractivity (Wildman–Crippen MR) is 172 cm³/mol. The van der Waals surface area contributed by atoms with Crippen LogP contribution in [0.3, 0.4) is 0 Å². The Bertz CT molecular complexity index is 1570. The van der Waals surface area contributed by atoms with Crippen molar-refractivity contribution in [2.45, 2.75) is 34.1 Å². The number of ether oxygens (including phenoxy) is 1. The number of rotatable bonds is 12. The molecular weight excluding hydrogens is 603 g/mol. The number of carbonyl (C=O) groups excluding carboxylic acids is 2. The highest BCUT2D eigenvalue weighted by Gasteiger charge is 2.65. The van der Waals surface area contributed by atoms with E-state index in [2.05, 4.69) is 23.5 Å². The molecule has 1 aliphatic rings. The summed E-state index contributed by atoms with van der Waals surface area (Å²) in [6.45, 7) is 9.28. The van der Waals surface area contributed by atoms with Gasteiger partial charge in [-0.05, 0) is 46.6 Å². The summed E-state index contributed by atoms with van der Waals surface area (Å²) in [5.41, 5.74) is 0.631. The molecule has 1 fully saturated rings. The van der Waals surface area contributed by atoms with E-state index in [4.69, 9.17) is 4.74 Å². The van der Waals surface area contributed by atoms with Crippen molar-refractivity contribution >= 4 is 61.1 Å². The molecule has 2 N–H and O–H groups in total. The van der Waals surface area contributed by atoms with Crippen LogP contribution in [-0.4, -0.2) is 56.5 Å². The zero-order chi connectivity index (χ0) is 30.6. The average molecular weight is 632 g/mol. The Morgan fingerprint density at radius 2 is 1.70 bits per heavy atom. The molecule has 43 heavy (non-hydrogen) atoms. The maximum Gasteiger partial charge on any atom is 0.408 e. The number of nitrogens with zero attached hydrogens (tertiary/aromatic N) is 2. The predicted octanol–water partition coefficient (Wildman–Crippen LogP) is 6.72. The highest BCUT2D eigenvalue weighted by molar-refractivity contribution is 8.77. The number of carbonyl (C=O) groups is 3. The van der Waals surface area contributed by atoms with E-state index >= 15 is 0 Å². The van der Waals surface area contributed by atoms with Gasteiger partial charge in [0, 0.05) is 5.92 Å². The number of nitrogens with one attached hydrogen (secondary N) is 1. The van der Waals surface area contributed by atoms with Gasteiger partial charge in [-0.15, -0.1) is 11.3 Å². The standard InChI is InChI=1S/C32H29N3O5S3/c1-4-19-40-30(39)34-26-27(36)35(28(26)42-43-31-33-23-17-11-12-18-24(23)41-31)32(20(2)3,29(37)38)25(21-13-7-5-8-14-21)22-15-9-6-10-16-22/h4-18,25-26,28H,1-2,19H2,3H3,(H,34,39)(H,37,38)/t26-,28-,32+/m1/s1. The highest BCUT2D eigenvalue weighted by atomic mass is 33.1. The van der Waals surface area contributed by atoms with E-state index in [0.29, 0.717) is 11.1 Å². The largest absolute Gasteiger partial charge is 0.479 e. The van der Waals surface area contributed by atoms with Crippen molar-refractivity contribution in [1.29, 1.82) is 0 Å². The summed E-state index contributed by atoms with van der Waals surface area (Å²) in [4.78, 5) is 46.3. The molecule has 0 bridgehead atoms. The van der Waals surface area contributed by atoms with E-state index < -0.39 is 40.8 Å². The number of amides is 2. The summed E-state index contributed by atoms with van der Waals surface area (Å²) >= 11 is 1.49. The molecule has 3 aromatic carbocycles. The molecule has 0 spiro atoms. The summed E-state index contributed by atoms with van der Waals surface area (Å²) in [6.07, 6.45) is 0.622. The third kappa shape index (κ3) is 5.80. The number of carboxylic acid groups (broad SMARTS) is 1. The van der Waals surface area contributed by atoms with Crippen LogP contribution in [0.25, 0.3) is 10.2 Å². The fourth-order valence-electron chi connectivity index (χ4n) is 5.32. The number of aliphatic carboxylic acids is 1. The normalized spacial score (nSPS) is 17.6. The second-order valence-corrected chi connectivity index (χ2v) is 13.4. The van der Waals surface area contributed by atoms with E-state index in [0.717, 1.165) is 14.6 Å². The Kier molecular flexibility index (Phi) is 9.24. The van der Waals surface area contributed by atoms with Crippen LogP contribution in [-0.2, 0) is 14.3 Å². The van der Waals surface area contributed by atoms with Gasteiger partial charge in [0.15, 0.2) is 9.88 Å². The van der Waals surface area contributed by atoms with Gasteiger partial charge in [-0.3, -0.25) is 4.79 Å². The van der Waals surface area contributed by atoms with E-state index in [1.54, 1.807) is 6.92 Å². The molecule has 0 unspecified atom stereocenters. The van der Waals surface area contributed by atoms with Crippen LogP contribution < -0.4 is 5.32 Å². The SMILES string of the molecule is C=CCOC(=O)N[C@@H]1C(=O)N([C@](C(=C)C)(C(=O)O)C(c2ccccc2)c2ccccc2)[C@@H]1SSc1nc2ccccc2s1. The first-order valence-corrected chi connectivity index (χ1v) is 16.4. The molecule has 5 rings (SSSR count). The van der Waals surface area contributed by atoms with Gasteiger partial charge in [0.1, 0.15) is 18.0 Å². The first kappa shape index (κ1) is 30.4. The van der Waals surface area contributed by atoms with Gasteiger partial charge in [0.05, 0.1) is 10.2 Å². The highest BCUT2D eigenvalue weighted by Crippen LogP contribution is 2.52. The summed E-state index contributed by atoms with van der Waals surface area (Å²) in [6, 6.07) is 25.1. The molecule has 0 saturated carbocycles. The number of β-lactam (4-membered cyclic amide) rings is 1. The zero-order valence-electron chi connectivity index (χ0n) is 23.2. The molecule has 0 radical (unpaired) electrons. The summed E-state index contributed by atoms with van der Waals surface area (Å²) in [5.74, 6) is -2.59. The van der Waals surface area contributed by atoms with Crippen molar-refractivity contribution < 1.29 is 24.2 Å². The molecule has 8 nitrogen and oxygen atoms in total. The Morgan fingerprint density at radius 3 is 2.26 bits per heavy atom. The molecular formula is C32H29N3O5S3. The van der Waals surface area contributed by atoms with Gasteiger partial charge in [0.25, 0.3) is 5.91 Å². The van der Waals surface area contributed by atoms with Crippen molar-refractivity contribution in [3.63, 3.8) is 0 Å². The Hall–Kier alpha value is -4.06. The maximum absolute atomic E-state index is 14.1. The zero-order valence-corrected chi connectivity index (χ0v) is 25.7. The maximum atomic E-state index is 14.1. The summed E-state index contributed by atoms with van der Waals surface area (Å²) < 4.78 is 6.84. The van der Waals surface area contributed by atoms with Gasteiger partial charge in [0.2, 0.25) is 0 Å². The number of para-hydroxylation sites is 1. The molecule has 0 aliphatic carbocycles. The van der Waals surface area contributed by atoms with Gasteiger partial charge < -0.3 is 20.1 Å². The average Bonchev–Trinajstić information content (AvgIpc) is 3.43. The number of thiazole rings is 1. The molecule has 1 aromatic heterocycles. The number of hydrogen-bond acceptors (Lipinski definition) is 8. The van der Waals surface area contributed by atoms with Gasteiger partial charge in [-0.2, -0.15) is 0 Å². The monoisotopic (exact) mass is 631 g/mol. The lowest BCUT2D eigenvalue weighted by Crippen LogP contribution is -2.78. The third-order valence-electron chi connectivity index (χ3n) is 7.18. The summed E-state index contributed by atoms with van der Waals surface area (Å²) in [5, 5.41) is 13.0. The molecule has 3 atom stereocenters. The Labute approximate surface area is 261 Å². The lowest BCUT2D eigenvalue weighted by atomic mass is 9.68. The van der Waals surface area contributed by atoms with E-state index in [9.17, 15) is 19.5 Å². The number of likely N-dealkylation sites (tertiary alicyclic amines) is 1. The number of aromatic nitrogens is 1. The number of fused-ring (bicyclic) bond motifs is 1. The van der Waals surface area contributed by atoms with Crippen LogP contribution >= 0.6 is 32.9 Å². The lowest BCUT2D eigenvalue weighted by Gasteiger charge is -2.57. The van der Waals surface area contributed by atoms with Crippen LogP contribution in [0.2, 0.25) is 0 Å². The van der Waals surface area contributed by atoms with Crippen molar-refractivity contribution in [2.75, 3.05) is 6.61 Å². The van der Waals surface area contributed by atoms with Crippen molar-refractivity contribution in [3.05, 3.63) is 121 Å². The quantitative estimate of drug-likeness (QED) is 0.101. The lowest BCUT2D eigenvalue weighted by molar-refractivity contribution is -0.169. The smallest absolute Gasteiger partial charge is 0.408 e. The Morgan fingerprint density at radius 1 is 1.09 bits per heavy atom. The molecule has 11 heteroatoms. The van der Waals surface area contributed by atoms with E-state index in [-0.39, 0.29) is 12.2 Å². The van der Waals surface area contributed by atoms with Gasteiger partial charge >= 0.3 is 12.1 Å². The van der Waals surface area contributed by atoms with Crippen LogP contribution in [0.4, 0.5) is 4.79 Å². The summed E-state index contributed by atoms with van der Waals surface area (Å²) in [7, 11) is 2.59. The molecule has 220 valence electrons. The van der Waals surface area contributed by atoms with Crippen molar-refractivity contribution in [1.82, 2.24) is 15.2 Å². The van der Waals surface area contributed by atoms with E-state index in [1.807, 2.05) is 84.9 Å². The molecule has 1 aliphatic heterocycles. The second-order valence-electron chi connectivity index (χ2n) is 9.84. The second kappa shape index (κ2) is 13.1. The topological polar surface area (TPSA) is 109 Å². The fraction of sp³-hybridized carbons (Fsp3) is 0.188. The molecule has 2 heterocycles. The fourth-order valence-corrected chi connectivity index (χ4v) is 9.29. The minimum atomic E-state index is -1.89. The Balaban J connectivity index is 1.60. The molecule has 4 aromatic rings. The van der Waals surface area contributed by atoms with Crippen LogP contribution in [0, 0.1) is 0 Å².